The van der Waals surface area contributed by atoms with E-state index in [1.165, 1.54) is 0 Å². The van der Waals surface area contributed by atoms with Gasteiger partial charge in [-0.25, -0.2) is 4.79 Å². The molecule has 19 heavy (non-hydrogen) atoms. The summed E-state index contributed by atoms with van der Waals surface area (Å²) in [4.78, 5) is 23.1. The number of hydrogen-bond donors (Lipinski definition) is 3. The van der Waals surface area contributed by atoms with Crippen molar-refractivity contribution >= 4 is 11.9 Å². The average Bonchev–Trinajstić information content (AvgIpc) is 2.63. The molecule has 1 aliphatic rings. The molecular formula is C13H24N2O4. The fourth-order valence-electron chi connectivity index (χ4n) is 2.30. The molecule has 1 aliphatic heterocycles. The SMILES string of the molecule is CC(C)(C)CC(N)CC(=O)NC1(C(=O)O)CCOC1. The molecule has 2 unspecified atom stereocenters. The Hall–Kier alpha value is -1.14. The molecule has 1 saturated heterocycles. The number of rotatable bonds is 5. The predicted molar refractivity (Wildman–Crippen MR) is 70.6 cm³/mol. The lowest BCUT2D eigenvalue weighted by atomic mass is 9.87. The Morgan fingerprint density at radius 1 is 1.47 bits per heavy atom. The van der Waals surface area contributed by atoms with Crippen LogP contribution in [0.2, 0.25) is 0 Å². The van der Waals surface area contributed by atoms with E-state index in [-0.39, 0.29) is 30.4 Å². The van der Waals surface area contributed by atoms with Gasteiger partial charge in [-0.1, -0.05) is 20.8 Å². The van der Waals surface area contributed by atoms with Gasteiger partial charge < -0.3 is 20.9 Å². The van der Waals surface area contributed by atoms with Crippen LogP contribution in [0.4, 0.5) is 0 Å². The Morgan fingerprint density at radius 2 is 2.11 bits per heavy atom. The molecule has 4 N–H and O–H groups in total. The van der Waals surface area contributed by atoms with Crippen molar-refractivity contribution < 1.29 is 19.4 Å². The molecule has 0 bridgehead atoms. The number of carbonyl (C=O) groups excluding carboxylic acids is 1. The van der Waals surface area contributed by atoms with Gasteiger partial charge in [-0.3, -0.25) is 4.79 Å². The molecule has 0 aromatic heterocycles. The molecule has 1 heterocycles. The van der Waals surface area contributed by atoms with Gasteiger partial charge in [0.2, 0.25) is 5.91 Å². The second-order valence-corrected chi connectivity index (χ2v) is 6.47. The monoisotopic (exact) mass is 272 g/mol. The number of nitrogens with two attached hydrogens (primary N) is 1. The first-order valence-electron chi connectivity index (χ1n) is 6.52. The van der Waals surface area contributed by atoms with Crippen LogP contribution in [0.25, 0.3) is 0 Å². The van der Waals surface area contributed by atoms with Gasteiger partial charge in [0.15, 0.2) is 5.54 Å². The predicted octanol–water partition coefficient (Wildman–Crippen LogP) is 0.500. The molecule has 1 rings (SSSR count). The van der Waals surface area contributed by atoms with E-state index in [0.29, 0.717) is 19.4 Å². The van der Waals surface area contributed by atoms with Gasteiger partial charge in [0.05, 0.1) is 6.61 Å². The Bertz CT molecular complexity index is 343. The molecule has 6 heteroatoms. The Morgan fingerprint density at radius 3 is 2.53 bits per heavy atom. The van der Waals surface area contributed by atoms with Crippen molar-refractivity contribution in [2.75, 3.05) is 13.2 Å². The van der Waals surface area contributed by atoms with Crippen LogP contribution >= 0.6 is 0 Å². The molecule has 0 radical (unpaired) electrons. The lowest BCUT2D eigenvalue weighted by molar-refractivity contribution is -0.147. The summed E-state index contributed by atoms with van der Waals surface area (Å²) < 4.78 is 5.08. The second kappa shape index (κ2) is 5.88. The number of nitrogens with one attached hydrogen (secondary N) is 1. The maximum absolute atomic E-state index is 11.9. The number of carbonyl (C=O) groups is 2. The quantitative estimate of drug-likeness (QED) is 0.676. The first-order valence-corrected chi connectivity index (χ1v) is 6.52. The number of amides is 1. The van der Waals surface area contributed by atoms with Crippen LogP contribution in [0.15, 0.2) is 0 Å². The summed E-state index contributed by atoms with van der Waals surface area (Å²) in [5.74, 6) is -1.38. The van der Waals surface area contributed by atoms with Gasteiger partial charge in [-0.15, -0.1) is 0 Å². The summed E-state index contributed by atoms with van der Waals surface area (Å²) in [6, 6.07) is -0.270. The Labute approximate surface area is 113 Å². The molecule has 110 valence electrons. The fraction of sp³-hybridized carbons (Fsp3) is 0.846. The van der Waals surface area contributed by atoms with Crippen LogP contribution in [0, 0.1) is 5.41 Å². The summed E-state index contributed by atoms with van der Waals surface area (Å²) in [6.45, 7) is 6.51. The maximum atomic E-state index is 11.9. The van der Waals surface area contributed by atoms with Crippen molar-refractivity contribution in [2.24, 2.45) is 11.1 Å². The van der Waals surface area contributed by atoms with Gasteiger partial charge in [-0.05, 0) is 11.8 Å². The van der Waals surface area contributed by atoms with E-state index in [1.54, 1.807) is 0 Å². The fourth-order valence-corrected chi connectivity index (χ4v) is 2.30. The Kier molecular flexibility index (Phi) is 4.92. The van der Waals surface area contributed by atoms with Crippen molar-refractivity contribution in [3.05, 3.63) is 0 Å². The molecule has 0 aliphatic carbocycles. The highest BCUT2D eigenvalue weighted by molar-refractivity contribution is 5.87. The largest absolute Gasteiger partial charge is 0.479 e. The summed E-state index contributed by atoms with van der Waals surface area (Å²) in [7, 11) is 0. The lowest BCUT2D eigenvalue weighted by Gasteiger charge is -2.26. The van der Waals surface area contributed by atoms with Gasteiger partial charge in [0, 0.05) is 25.5 Å². The van der Waals surface area contributed by atoms with Gasteiger partial charge in [0.1, 0.15) is 0 Å². The van der Waals surface area contributed by atoms with Crippen molar-refractivity contribution in [3.8, 4) is 0 Å². The molecule has 0 spiro atoms. The first-order chi connectivity index (χ1) is 8.65. The van der Waals surface area contributed by atoms with Crippen LogP contribution in [0.5, 0.6) is 0 Å². The molecule has 0 aromatic rings. The van der Waals surface area contributed by atoms with Crippen LogP contribution in [0.3, 0.4) is 0 Å². The number of hydrogen-bond acceptors (Lipinski definition) is 4. The zero-order valence-electron chi connectivity index (χ0n) is 11.9. The molecular weight excluding hydrogens is 248 g/mol. The van der Waals surface area contributed by atoms with Crippen molar-refractivity contribution in [1.29, 1.82) is 0 Å². The normalized spacial score (nSPS) is 25.1. The zero-order chi connectivity index (χ0) is 14.7. The van der Waals surface area contributed by atoms with E-state index in [9.17, 15) is 14.7 Å². The van der Waals surface area contributed by atoms with E-state index < -0.39 is 11.5 Å². The average molecular weight is 272 g/mol. The van der Waals surface area contributed by atoms with Crippen LogP contribution < -0.4 is 11.1 Å². The molecule has 6 nitrogen and oxygen atoms in total. The molecule has 1 fully saturated rings. The number of ether oxygens (including phenoxy) is 1. The van der Waals surface area contributed by atoms with E-state index in [2.05, 4.69) is 5.32 Å². The highest BCUT2D eigenvalue weighted by Crippen LogP contribution is 2.22. The molecule has 0 aromatic carbocycles. The lowest BCUT2D eigenvalue weighted by Crippen LogP contribution is -2.56. The molecule has 1 amide bonds. The van der Waals surface area contributed by atoms with Gasteiger partial charge in [-0.2, -0.15) is 0 Å². The van der Waals surface area contributed by atoms with Crippen molar-refractivity contribution in [2.45, 2.75) is 51.6 Å². The van der Waals surface area contributed by atoms with Crippen molar-refractivity contribution in [1.82, 2.24) is 5.32 Å². The minimum atomic E-state index is -1.28. The van der Waals surface area contributed by atoms with Crippen LogP contribution in [-0.4, -0.2) is 41.8 Å². The summed E-state index contributed by atoms with van der Waals surface area (Å²) in [5.41, 5.74) is 4.68. The molecule has 0 saturated carbocycles. The van der Waals surface area contributed by atoms with Crippen LogP contribution in [-0.2, 0) is 14.3 Å². The van der Waals surface area contributed by atoms with Crippen LogP contribution in [0.1, 0.15) is 40.0 Å². The third-order valence-corrected chi connectivity index (χ3v) is 3.13. The van der Waals surface area contributed by atoms with E-state index in [1.807, 2.05) is 20.8 Å². The second-order valence-electron chi connectivity index (χ2n) is 6.47. The number of aliphatic carboxylic acids is 1. The van der Waals surface area contributed by atoms with Gasteiger partial charge >= 0.3 is 5.97 Å². The zero-order valence-corrected chi connectivity index (χ0v) is 11.9. The van der Waals surface area contributed by atoms with E-state index >= 15 is 0 Å². The third kappa shape index (κ3) is 4.80. The smallest absolute Gasteiger partial charge is 0.331 e. The summed E-state index contributed by atoms with van der Waals surface area (Å²) in [6.07, 6.45) is 1.13. The first kappa shape index (κ1) is 15.9. The third-order valence-electron chi connectivity index (χ3n) is 3.13. The summed E-state index contributed by atoms with van der Waals surface area (Å²) >= 11 is 0. The highest BCUT2D eigenvalue weighted by atomic mass is 16.5. The Balaban J connectivity index is 2.52. The minimum absolute atomic E-state index is 0.0165. The van der Waals surface area contributed by atoms with Gasteiger partial charge in [0.25, 0.3) is 0 Å². The minimum Gasteiger partial charge on any atom is -0.479 e. The summed E-state index contributed by atoms with van der Waals surface area (Å²) in [5, 5.41) is 11.8. The van der Waals surface area contributed by atoms with E-state index in [4.69, 9.17) is 10.5 Å². The maximum Gasteiger partial charge on any atom is 0.331 e. The highest BCUT2D eigenvalue weighted by Gasteiger charge is 2.44. The number of carboxylic acid groups (broad SMARTS) is 1. The number of carboxylic acids is 1. The standard InChI is InChI=1S/C13H24N2O4/c1-12(2,3)7-9(14)6-10(16)15-13(11(17)18)4-5-19-8-13/h9H,4-8,14H2,1-3H3,(H,15,16)(H,17,18). The van der Waals surface area contributed by atoms with E-state index in [0.717, 1.165) is 0 Å². The van der Waals surface area contributed by atoms with Crippen molar-refractivity contribution in [3.63, 3.8) is 0 Å². The molecule has 2 atom stereocenters. The topological polar surface area (TPSA) is 102 Å².